The van der Waals surface area contributed by atoms with Gasteiger partial charge in [-0.1, -0.05) is 5.16 Å². The summed E-state index contributed by atoms with van der Waals surface area (Å²) in [7, 11) is 0. The van der Waals surface area contributed by atoms with Gasteiger partial charge in [0.05, 0.1) is 0 Å². The van der Waals surface area contributed by atoms with Crippen molar-refractivity contribution in [2.75, 3.05) is 0 Å². The predicted molar refractivity (Wildman–Crippen MR) is 71.3 cm³/mol. The maximum Gasteiger partial charge on any atom is 0.228 e. The zero-order chi connectivity index (χ0) is 13.0. The van der Waals surface area contributed by atoms with Gasteiger partial charge in [-0.15, -0.1) is 0 Å². The average Bonchev–Trinajstić information content (AvgIpc) is 2.73. The quantitative estimate of drug-likeness (QED) is 0.907. The molecule has 4 fully saturated rings. The summed E-state index contributed by atoms with van der Waals surface area (Å²) < 4.78 is 5.26. The molecule has 4 bridgehead atoms. The van der Waals surface area contributed by atoms with Gasteiger partial charge >= 0.3 is 0 Å². The third kappa shape index (κ3) is 1.92. The minimum Gasteiger partial charge on any atom is -0.339 e. The van der Waals surface area contributed by atoms with Gasteiger partial charge < -0.3 is 10.3 Å². The molecule has 0 spiro atoms. The monoisotopic (exact) mass is 261 g/mol. The summed E-state index contributed by atoms with van der Waals surface area (Å²) in [6, 6.07) is 0.195. The van der Waals surface area contributed by atoms with Crippen LogP contribution in [-0.2, 0) is 6.42 Å². The third-order valence-electron chi connectivity index (χ3n) is 5.84. The summed E-state index contributed by atoms with van der Waals surface area (Å²) >= 11 is 0. The van der Waals surface area contributed by atoms with Crippen molar-refractivity contribution in [2.24, 2.45) is 28.9 Å². The number of aryl methyl sites for hydroxylation is 1. The summed E-state index contributed by atoms with van der Waals surface area (Å²) in [5, 5.41) is 3.87. The Labute approximate surface area is 114 Å². The fourth-order valence-corrected chi connectivity index (χ4v) is 5.46. The Balaban J connectivity index is 1.54. The molecule has 4 nitrogen and oxygen atoms in total. The number of hydrogen-bond donors (Lipinski definition) is 1. The molecule has 1 aromatic heterocycles. The maximum absolute atomic E-state index is 6.59. The number of nitrogens with two attached hydrogens (primary N) is 1. The van der Waals surface area contributed by atoms with Crippen LogP contribution >= 0.6 is 0 Å². The molecule has 0 aliphatic heterocycles. The fourth-order valence-electron chi connectivity index (χ4n) is 5.46. The highest BCUT2D eigenvalue weighted by atomic mass is 16.5. The van der Waals surface area contributed by atoms with Gasteiger partial charge in [-0.3, -0.25) is 0 Å². The first-order valence-corrected chi connectivity index (χ1v) is 7.68. The number of rotatable bonds is 3. The van der Waals surface area contributed by atoms with Crippen molar-refractivity contribution >= 4 is 0 Å². The van der Waals surface area contributed by atoms with E-state index in [1.165, 1.54) is 38.5 Å². The lowest BCUT2D eigenvalue weighted by Crippen LogP contribution is -2.55. The average molecular weight is 261 g/mol. The molecule has 4 aliphatic carbocycles. The molecule has 19 heavy (non-hydrogen) atoms. The minimum absolute atomic E-state index is 0.195. The van der Waals surface area contributed by atoms with E-state index in [0.717, 1.165) is 30.1 Å². The Morgan fingerprint density at radius 2 is 1.79 bits per heavy atom. The fraction of sp³-hybridized carbons (Fsp3) is 0.867. The van der Waals surface area contributed by atoms with Crippen LogP contribution in [0.5, 0.6) is 0 Å². The molecule has 2 N–H and O–H groups in total. The number of aromatic nitrogens is 2. The minimum atomic E-state index is 0.195. The summed E-state index contributed by atoms with van der Waals surface area (Å²) in [5.41, 5.74) is 6.96. The zero-order valence-electron chi connectivity index (χ0n) is 11.6. The van der Waals surface area contributed by atoms with Crippen molar-refractivity contribution in [3.05, 3.63) is 11.7 Å². The van der Waals surface area contributed by atoms with Gasteiger partial charge in [0.1, 0.15) is 0 Å². The zero-order valence-corrected chi connectivity index (χ0v) is 11.6. The van der Waals surface area contributed by atoms with E-state index in [2.05, 4.69) is 10.1 Å². The normalized spacial score (nSPS) is 41.7. The molecular weight excluding hydrogens is 238 g/mol. The topological polar surface area (TPSA) is 64.9 Å². The van der Waals surface area contributed by atoms with E-state index in [0.29, 0.717) is 11.2 Å². The highest BCUT2D eigenvalue weighted by Gasteiger charge is 2.53. The van der Waals surface area contributed by atoms with Gasteiger partial charge in [-0.2, -0.15) is 4.98 Å². The largest absolute Gasteiger partial charge is 0.339 e. The SMILES string of the molecule is Cc1noc(CC(N)C23CC4CC(CC(C4)C2)C3)n1. The second kappa shape index (κ2) is 4.05. The summed E-state index contributed by atoms with van der Waals surface area (Å²) in [4.78, 5) is 4.32. The lowest BCUT2D eigenvalue weighted by atomic mass is 9.47. The van der Waals surface area contributed by atoms with Crippen LogP contribution in [0.15, 0.2) is 4.52 Å². The van der Waals surface area contributed by atoms with E-state index < -0.39 is 0 Å². The molecule has 0 aromatic carbocycles. The molecule has 104 valence electrons. The molecule has 1 heterocycles. The molecule has 4 saturated carbocycles. The number of nitrogens with zero attached hydrogens (tertiary/aromatic N) is 2. The first kappa shape index (κ1) is 11.9. The second-order valence-electron chi connectivity index (χ2n) is 7.33. The van der Waals surface area contributed by atoms with Crippen molar-refractivity contribution in [3.63, 3.8) is 0 Å². The molecule has 1 aromatic rings. The van der Waals surface area contributed by atoms with E-state index >= 15 is 0 Å². The highest BCUT2D eigenvalue weighted by Crippen LogP contribution is 2.61. The van der Waals surface area contributed by atoms with Gasteiger partial charge in [-0.05, 0) is 68.6 Å². The van der Waals surface area contributed by atoms with Gasteiger partial charge in [0.2, 0.25) is 5.89 Å². The molecule has 4 heteroatoms. The van der Waals surface area contributed by atoms with E-state index in [-0.39, 0.29) is 6.04 Å². The standard InChI is InChI=1S/C15H23N3O/c1-9-17-14(19-18-9)5-13(16)15-6-10-2-11(7-15)4-12(3-10)8-15/h10-13H,2-8,16H2,1H3. The Hall–Kier alpha value is -0.900. The van der Waals surface area contributed by atoms with Crippen molar-refractivity contribution in [1.29, 1.82) is 0 Å². The Kier molecular flexibility index (Phi) is 2.53. The number of hydrogen-bond acceptors (Lipinski definition) is 4. The smallest absolute Gasteiger partial charge is 0.228 e. The van der Waals surface area contributed by atoms with Crippen molar-refractivity contribution in [2.45, 2.75) is 57.9 Å². The third-order valence-corrected chi connectivity index (χ3v) is 5.84. The lowest BCUT2D eigenvalue weighted by molar-refractivity contribution is -0.0677. The van der Waals surface area contributed by atoms with Gasteiger partial charge in [0, 0.05) is 12.5 Å². The predicted octanol–water partition coefficient (Wildman–Crippen LogP) is 2.46. The molecule has 1 atom stereocenters. The highest BCUT2D eigenvalue weighted by molar-refractivity contribution is 5.07. The van der Waals surface area contributed by atoms with E-state index in [1.54, 1.807) is 0 Å². The second-order valence-corrected chi connectivity index (χ2v) is 7.33. The van der Waals surface area contributed by atoms with Crippen LogP contribution in [0, 0.1) is 30.1 Å². The molecule has 0 saturated heterocycles. The van der Waals surface area contributed by atoms with Gasteiger partial charge in [-0.25, -0.2) is 0 Å². The van der Waals surface area contributed by atoms with Crippen LogP contribution < -0.4 is 5.73 Å². The van der Waals surface area contributed by atoms with Crippen LogP contribution in [0.4, 0.5) is 0 Å². The molecule has 5 rings (SSSR count). The molecular formula is C15H23N3O. The Morgan fingerprint density at radius 3 is 2.26 bits per heavy atom. The first-order valence-electron chi connectivity index (χ1n) is 7.68. The van der Waals surface area contributed by atoms with E-state index in [9.17, 15) is 0 Å². The van der Waals surface area contributed by atoms with Gasteiger partial charge in [0.15, 0.2) is 5.82 Å². The van der Waals surface area contributed by atoms with Crippen molar-refractivity contribution < 1.29 is 4.52 Å². The van der Waals surface area contributed by atoms with Crippen molar-refractivity contribution in [3.8, 4) is 0 Å². The first-order chi connectivity index (χ1) is 9.13. The Morgan fingerprint density at radius 1 is 1.21 bits per heavy atom. The molecule has 0 radical (unpaired) electrons. The van der Waals surface area contributed by atoms with Crippen LogP contribution in [0.25, 0.3) is 0 Å². The summed E-state index contributed by atoms with van der Waals surface area (Å²) in [5.74, 6) is 4.28. The summed E-state index contributed by atoms with van der Waals surface area (Å²) in [6.45, 7) is 1.86. The lowest BCUT2D eigenvalue weighted by Gasteiger charge is -2.58. The molecule has 4 aliphatic rings. The molecule has 0 amide bonds. The van der Waals surface area contributed by atoms with Crippen LogP contribution in [0.1, 0.15) is 50.2 Å². The summed E-state index contributed by atoms with van der Waals surface area (Å²) in [6.07, 6.45) is 9.17. The van der Waals surface area contributed by atoms with Crippen LogP contribution in [0.2, 0.25) is 0 Å². The van der Waals surface area contributed by atoms with Crippen LogP contribution in [0.3, 0.4) is 0 Å². The van der Waals surface area contributed by atoms with Crippen molar-refractivity contribution in [1.82, 2.24) is 10.1 Å². The van der Waals surface area contributed by atoms with Crippen LogP contribution in [-0.4, -0.2) is 16.2 Å². The maximum atomic E-state index is 6.59. The Bertz CT molecular complexity index is 446. The van der Waals surface area contributed by atoms with Gasteiger partial charge in [0.25, 0.3) is 0 Å². The molecule has 1 unspecified atom stereocenters. The van der Waals surface area contributed by atoms with E-state index in [4.69, 9.17) is 10.3 Å². The van der Waals surface area contributed by atoms with E-state index in [1.807, 2.05) is 6.92 Å².